The maximum atomic E-state index is 13.1. The zero-order valence-electron chi connectivity index (χ0n) is 17.7. The zero-order valence-corrected chi connectivity index (χ0v) is 19.3. The molecule has 1 aromatic heterocycles. The normalized spacial score (nSPS) is 12.2. The minimum absolute atomic E-state index is 0.0898. The van der Waals surface area contributed by atoms with Crippen molar-refractivity contribution >= 4 is 29.1 Å². The number of Topliss-reactive ketones (excluding diaryl/α,β-unsaturated/α-hetero) is 1. The summed E-state index contributed by atoms with van der Waals surface area (Å²) >= 11 is 7.83. The summed E-state index contributed by atoms with van der Waals surface area (Å²) < 4.78 is 7.24. The largest absolute Gasteiger partial charge is 0.385 e. The summed E-state index contributed by atoms with van der Waals surface area (Å²) in [5.41, 5.74) is 3.64. The smallest absolute Gasteiger partial charge is 0.192 e. The Morgan fingerprint density at radius 3 is 2.70 bits per heavy atom. The van der Waals surface area contributed by atoms with E-state index in [2.05, 4.69) is 10.2 Å². The van der Waals surface area contributed by atoms with Gasteiger partial charge in [-0.3, -0.25) is 4.79 Å². The molecular formula is C23H26ClN3O2S. The molecule has 3 aromatic rings. The van der Waals surface area contributed by atoms with Crippen LogP contribution in [-0.4, -0.2) is 39.5 Å². The summed E-state index contributed by atoms with van der Waals surface area (Å²) in [4.78, 5) is 13.1. The van der Waals surface area contributed by atoms with Crippen LogP contribution in [0.1, 0.15) is 34.8 Å². The number of rotatable bonds is 9. The molecule has 0 aliphatic carbocycles. The SMILES string of the molecule is COCCCn1c(SC(C)C(=O)c2cc(C)ccc2C)nnc1-c1ccccc1Cl. The number of ether oxygens (including phenoxy) is 1. The number of aromatic nitrogens is 3. The topological polar surface area (TPSA) is 57.0 Å². The number of hydrogen-bond acceptors (Lipinski definition) is 5. The molecule has 0 saturated heterocycles. The third-order valence-corrected chi connectivity index (χ3v) is 6.28. The molecular weight excluding hydrogens is 418 g/mol. The van der Waals surface area contributed by atoms with Crippen molar-refractivity contribution in [3.05, 3.63) is 64.2 Å². The van der Waals surface area contributed by atoms with Crippen molar-refractivity contribution in [1.29, 1.82) is 0 Å². The Hall–Kier alpha value is -2.15. The number of halogens is 1. The van der Waals surface area contributed by atoms with Crippen molar-refractivity contribution in [3.63, 3.8) is 0 Å². The second kappa shape index (κ2) is 10.2. The molecule has 0 N–H and O–H groups in total. The van der Waals surface area contributed by atoms with Crippen LogP contribution in [0.25, 0.3) is 11.4 Å². The lowest BCUT2D eigenvalue weighted by molar-refractivity contribution is 0.0993. The Morgan fingerprint density at radius 1 is 1.20 bits per heavy atom. The first kappa shape index (κ1) is 22.5. The average Bonchev–Trinajstić information content (AvgIpc) is 3.12. The molecule has 5 nitrogen and oxygen atoms in total. The highest BCUT2D eigenvalue weighted by Crippen LogP contribution is 2.32. The van der Waals surface area contributed by atoms with Gasteiger partial charge in [0.15, 0.2) is 16.8 Å². The first-order chi connectivity index (χ1) is 14.4. The average molecular weight is 444 g/mol. The number of carbonyl (C=O) groups is 1. The van der Waals surface area contributed by atoms with Crippen LogP contribution in [0.4, 0.5) is 0 Å². The van der Waals surface area contributed by atoms with Gasteiger partial charge < -0.3 is 9.30 Å². The van der Waals surface area contributed by atoms with Gasteiger partial charge in [0.05, 0.1) is 10.3 Å². The number of aryl methyl sites for hydroxylation is 2. The Bertz CT molecular complexity index is 1040. The summed E-state index contributed by atoms with van der Waals surface area (Å²) in [5.74, 6) is 0.789. The van der Waals surface area contributed by atoms with Gasteiger partial charge in [-0.05, 0) is 51.0 Å². The fourth-order valence-electron chi connectivity index (χ4n) is 3.22. The molecule has 30 heavy (non-hydrogen) atoms. The fourth-order valence-corrected chi connectivity index (χ4v) is 4.38. The van der Waals surface area contributed by atoms with Crippen LogP contribution in [0, 0.1) is 13.8 Å². The predicted octanol–water partition coefficient (Wildman–Crippen LogP) is 5.62. The van der Waals surface area contributed by atoms with E-state index in [9.17, 15) is 4.79 Å². The second-order valence-electron chi connectivity index (χ2n) is 7.23. The lowest BCUT2D eigenvalue weighted by Gasteiger charge is -2.14. The zero-order chi connectivity index (χ0) is 21.7. The number of hydrogen-bond donors (Lipinski definition) is 0. The minimum Gasteiger partial charge on any atom is -0.385 e. The number of thioether (sulfide) groups is 1. The first-order valence-electron chi connectivity index (χ1n) is 9.87. The number of nitrogens with zero attached hydrogens (tertiary/aromatic N) is 3. The van der Waals surface area contributed by atoms with E-state index in [1.54, 1.807) is 7.11 Å². The van der Waals surface area contributed by atoms with Crippen LogP contribution in [-0.2, 0) is 11.3 Å². The van der Waals surface area contributed by atoms with Crippen molar-refractivity contribution < 1.29 is 9.53 Å². The van der Waals surface area contributed by atoms with E-state index in [1.807, 2.05) is 67.8 Å². The molecule has 0 amide bonds. The van der Waals surface area contributed by atoms with E-state index in [1.165, 1.54) is 11.8 Å². The highest BCUT2D eigenvalue weighted by Gasteiger charge is 2.23. The molecule has 1 heterocycles. The van der Waals surface area contributed by atoms with Gasteiger partial charge >= 0.3 is 0 Å². The quantitative estimate of drug-likeness (QED) is 0.244. The maximum absolute atomic E-state index is 13.1. The van der Waals surface area contributed by atoms with Crippen LogP contribution in [0.2, 0.25) is 5.02 Å². The van der Waals surface area contributed by atoms with Gasteiger partial charge in [-0.1, -0.05) is 53.2 Å². The third-order valence-electron chi connectivity index (χ3n) is 4.87. The molecule has 0 aliphatic heterocycles. The molecule has 7 heteroatoms. The van der Waals surface area contributed by atoms with Gasteiger partial charge in [0.25, 0.3) is 0 Å². The molecule has 0 spiro atoms. The van der Waals surface area contributed by atoms with E-state index < -0.39 is 0 Å². The lowest BCUT2D eigenvalue weighted by atomic mass is 10.0. The standard InChI is InChI=1S/C23H26ClN3O2S/c1-15-10-11-16(2)19(14-15)21(28)17(3)30-23-26-25-22(27(23)12-7-13-29-4)18-8-5-6-9-20(18)24/h5-6,8-11,14,17H,7,12-13H2,1-4H3. The monoisotopic (exact) mass is 443 g/mol. The molecule has 0 bridgehead atoms. The minimum atomic E-state index is -0.296. The summed E-state index contributed by atoms with van der Waals surface area (Å²) in [5, 5.41) is 9.82. The van der Waals surface area contributed by atoms with E-state index in [-0.39, 0.29) is 11.0 Å². The highest BCUT2D eigenvalue weighted by atomic mass is 35.5. The van der Waals surface area contributed by atoms with Gasteiger partial charge in [-0.15, -0.1) is 10.2 Å². The molecule has 3 rings (SSSR count). The van der Waals surface area contributed by atoms with Crippen molar-refractivity contribution in [2.75, 3.05) is 13.7 Å². The van der Waals surface area contributed by atoms with Crippen LogP contribution in [0.5, 0.6) is 0 Å². The van der Waals surface area contributed by atoms with Crippen molar-refractivity contribution in [3.8, 4) is 11.4 Å². The molecule has 0 radical (unpaired) electrons. The number of benzene rings is 2. The Labute approximate surface area is 186 Å². The van der Waals surface area contributed by atoms with Crippen molar-refractivity contribution in [2.24, 2.45) is 0 Å². The Morgan fingerprint density at radius 2 is 1.97 bits per heavy atom. The van der Waals surface area contributed by atoms with Gasteiger partial charge in [-0.2, -0.15) is 0 Å². The summed E-state index contributed by atoms with van der Waals surface area (Å²) in [6.45, 7) is 7.18. The fraction of sp³-hybridized carbons (Fsp3) is 0.348. The van der Waals surface area contributed by atoms with Crippen molar-refractivity contribution in [2.45, 2.75) is 44.1 Å². The van der Waals surface area contributed by atoms with Crippen LogP contribution in [0.15, 0.2) is 47.6 Å². The molecule has 1 atom stereocenters. The van der Waals surface area contributed by atoms with E-state index >= 15 is 0 Å². The highest BCUT2D eigenvalue weighted by molar-refractivity contribution is 8.00. The summed E-state index contributed by atoms with van der Waals surface area (Å²) in [6, 6.07) is 13.5. The van der Waals surface area contributed by atoms with Gasteiger partial charge in [0.2, 0.25) is 0 Å². The summed E-state index contributed by atoms with van der Waals surface area (Å²) in [7, 11) is 1.68. The van der Waals surface area contributed by atoms with Crippen LogP contribution in [0.3, 0.4) is 0 Å². The van der Waals surface area contributed by atoms with E-state index in [4.69, 9.17) is 16.3 Å². The lowest BCUT2D eigenvalue weighted by Crippen LogP contribution is -2.16. The van der Waals surface area contributed by atoms with E-state index in [0.29, 0.717) is 29.2 Å². The molecule has 0 saturated carbocycles. The second-order valence-corrected chi connectivity index (χ2v) is 8.94. The van der Waals surface area contributed by atoms with Gasteiger partial charge in [0.1, 0.15) is 0 Å². The van der Waals surface area contributed by atoms with E-state index in [0.717, 1.165) is 28.7 Å². The third kappa shape index (κ3) is 5.12. The molecule has 2 aromatic carbocycles. The number of ketones is 1. The molecule has 1 unspecified atom stereocenters. The molecule has 0 fully saturated rings. The Kier molecular flexibility index (Phi) is 7.69. The predicted molar refractivity (Wildman–Crippen MR) is 123 cm³/mol. The summed E-state index contributed by atoms with van der Waals surface area (Å²) in [6.07, 6.45) is 0.804. The van der Waals surface area contributed by atoms with Crippen LogP contribution < -0.4 is 0 Å². The number of methoxy groups -OCH3 is 1. The van der Waals surface area contributed by atoms with Gasteiger partial charge in [0, 0.05) is 31.4 Å². The van der Waals surface area contributed by atoms with Crippen molar-refractivity contribution in [1.82, 2.24) is 14.8 Å². The van der Waals surface area contributed by atoms with Crippen LogP contribution >= 0.6 is 23.4 Å². The first-order valence-corrected chi connectivity index (χ1v) is 11.1. The number of carbonyl (C=O) groups excluding carboxylic acids is 1. The van der Waals surface area contributed by atoms with Gasteiger partial charge in [-0.25, -0.2) is 0 Å². The molecule has 0 aliphatic rings. The maximum Gasteiger partial charge on any atom is 0.192 e. The Balaban J connectivity index is 1.90. The molecule has 158 valence electrons.